The van der Waals surface area contributed by atoms with Gasteiger partial charge in [-0.05, 0) is 23.9 Å². The van der Waals surface area contributed by atoms with Crippen LogP contribution in [0.5, 0.6) is 0 Å². The number of carbonyl (C=O) groups is 1. The SMILES string of the molecule is Cc1cccc([N+](=O)[O-])c1NC(=O)C[NH+]1CCC[C@H]1c1cccs1. The lowest BCUT2D eigenvalue weighted by atomic mass is 10.1. The minimum Gasteiger partial charge on any atom is -0.320 e. The second-order valence-corrected chi connectivity index (χ2v) is 7.05. The second kappa shape index (κ2) is 7.11. The van der Waals surface area contributed by atoms with Crippen LogP contribution in [0.3, 0.4) is 0 Å². The Labute approximate surface area is 144 Å². The quantitative estimate of drug-likeness (QED) is 0.644. The topological polar surface area (TPSA) is 76.7 Å². The zero-order valence-corrected chi connectivity index (χ0v) is 14.3. The van der Waals surface area contributed by atoms with Crippen LogP contribution in [0.2, 0.25) is 0 Å². The molecule has 0 radical (unpaired) electrons. The Morgan fingerprint density at radius 1 is 1.42 bits per heavy atom. The predicted molar refractivity (Wildman–Crippen MR) is 93.5 cm³/mol. The number of nitrogens with zero attached hydrogens (tertiary/aromatic N) is 1. The number of nitro benzene ring substituents is 1. The molecular formula is C17H20N3O3S+. The maximum absolute atomic E-state index is 12.5. The number of rotatable bonds is 5. The van der Waals surface area contributed by atoms with E-state index in [0.29, 0.717) is 23.8 Å². The molecule has 7 heteroatoms. The number of nitrogens with one attached hydrogen (secondary N) is 2. The van der Waals surface area contributed by atoms with E-state index < -0.39 is 4.92 Å². The molecule has 0 spiro atoms. The fourth-order valence-corrected chi connectivity index (χ4v) is 4.23. The standard InChI is InChI=1S/C17H19N3O3S/c1-12-5-2-6-14(20(22)23)17(12)18-16(21)11-19-9-3-7-13(19)15-8-4-10-24-15/h2,4-6,8,10,13H,3,7,9,11H2,1H3,(H,18,21)/p+1/t13-/m0/s1. The Balaban J connectivity index is 1.71. The van der Waals surface area contributed by atoms with Crippen molar-refractivity contribution in [2.45, 2.75) is 25.8 Å². The number of para-hydroxylation sites is 1. The van der Waals surface area contributed by atoms with Crippen molar-refractivity contribution in [2.75, 3.05) is 18.4 Å². The summed E-state index contributed by atoms with van der Waals surface area (Å²) < 4.78 is 0. The third kappa shape index (κ3) is 3.47. The summed E-state index contributed by atoms with van der Waals surface area (Å²) in [6.07, 6.45) is 2.17. The fourth-order valence-electron chi connectivity index (χ4n) is 3.31. The Kier molecular flexibility index (Phi) is 4.92. The highest BCUT2D eigenvalue weighted by Gasteiger charge is 2.32. The number of quaternary nitrogens is 1. The third-order valence-electron chi connectivity index (χ3n) is 4.47. The number of anilines is 1. The van der Waals surface area contributed by atoms with Crippen molar-refractivity contribution in [3.63, 3.8) is 0 Å². The maximum atomic E-state index is 12.5. The van der Waals surface area contributed by atoms with Gasteiger partial charge in [-0.1, -0.05) is 18.2 Å². The van der Waals surface area contributed by atoms with E-state index in [1.165, 1.54) is 15.8 Å². The monoisotopic (exact) mass is 346 g/mol. The molecule has 1 fully saturated rings. The molecule has 0 saturated carbocycles. The van der Waals surface area contributed by atoms with Crippen LogP contribution in [0.25, 0.3) is 0 Å². The first-order chi connectivity index (χ1) is 11.6. The summed E-state index contributed by atoms with van der Waals surface area (Å²) in [6.45, 7) is 3.04. The van der Waals surface area contributed by atoms with Crippen molar-refractivity contribution in [3.8, 4) is 0 Å². The lowest BCUT2D eigenvalue weighted by Crippen LogP contribution is -3.11. The number of benzene rings is 1. The van der Waals surface area contributed by atoms with E-state index in [0.717, 1.165) is 19.4 Å². The number of aryl methyl sites for hydroxylation is 1. The minimum absolute atomic E-state index is 0.0606. The molecule has 2 atom stereocenters. The van der Waals surface area contributed by atoms with Crippen molar-refractivity contribution < 1.29 is 14.6 Å². The molecule has 24 heavy (non-hydrogen) atoms. The van der Waals surface area contributed by atoms with Gasteiger partial charge in [0.1, 0.15) is 11.7 Å². The highest BCUT2D eigenvalue weighted by molar-refractivity contribution is 7.10. The number of hydrogen-bond acceptors (Lipinski definition) is 4. The highest BCUT2D eigenvalue weighted by atomic mass is 32.1. The number of nitro groups is 1. The number of amides is 1. The molecule has 126 valence electrons. The summed E-state index contributed by atoms with van der Waals surface area (Å²) in [5.41, 5.74) is 0.942. The number of hydrogen-bond donors (Lipinski definition) is 2. The van der Waals surface area contributed by atoms with Gasteiger partial charge in [0.2, 0.25) is 0 Å². The average Bonchev–Trinajstić information content (AvgIpc) is 3.19. The molecule has 3 rings (SSSR count). The van der Waals surface area contributed by atoms with E-state index in [2.05, 4.69) is 16.8 Å². The van der Waals surface area contributed by atoms with Crippen molar-refractivity contribution in [2.24, 2.45) is 0 Å². The molecule has 1 saturated heterocycles. The Morgan fingerprint density at radius 3 is 2.96 bits per heavy atom. The fraction of sp³-hybridized carbons (Fsp3) is 0.353. The highest BCUT2D eigenvalue weighted by Crippen LogP contribution is 2.27. The smallest absolute Gasteiger partial charge is 0.293 e. The van der Waals surface area contributed by atoms with E-state index in [1.54, 1.807) is 30.4 Å². The summed E-state index contributed by atoms with van der Waals surface area (Å²) in [4.78, 5) is 25.7. The summed E-state index contributed by atoms with van der Waals surface area (Å²) in [5.74, 6) is -0.175. The molecule has 0 aliphatic carbocycles. The number of likely N-dealkylation sites (tertiary alicyclic amines) is 1. The molecule has 6 nitrogen and oxygen atoms in total. The van der Waals surface area contributed by atoms with Gasteiger partial charge in [-0.2, -0.15) is 0 Å². The third-order valence-corrected chi connectivity index (χ3v) is 5.46. The van der Waals surface area contributed by atoms with Gasteiger partial charge >= 0.3 is 0 Å². The molecule has 2 N–H and O–H groups in total. The largest absolute Gasteiger partial charge is 0.320 e. The lowest BCUT2D eigenvalue weighted by Gasteiger charge is -2.20. The summed E-state index contributed by atoms with van der Waals surface area (Å²) in [5, 5.41) is 16.0. The van der Waals surface area contributed by atoms with E-state index in [-0.39, 0.29) is 11.6 Å². The molecular weight excluding hydrogens is 326 g/mol. The van der Waals surface area contributed by atoms with E-state index >= 15 is 0 Å². The first-order valence-corrected chi connectivity index (χ1v) is 8.86. The zero-order valence-electron chi connectivity index (χ0n) is 13.5. The van der Waals surface area contributed by atoms with Crippen LogP contribution in [0.1, 0.15) is 29.3 Å². The van der Waals surface area contributed by atoms with Gasteiger partial charge in [0.05, 0.1) is 16.3 Å². The Bertz CT molecular complexity index is 746. The van der Waals surface area contributed by atoms with Crippen LogP contribution >= 0.6 is 11.3 Å². The Hall–Kier alpha value is -2.25. The molecule has 2 heterocycles. The van der Waals surface area contributed by atoms with Crippen LogP contribution in [-0.2, 0) is 4.79 Å². The van der Waals surface area contributed by atoms with E-state index in [4.69, 9.17) is 0 Å². The zero-order chi connectivity index (χ0) is 17.1. The van der Waals surface area contributed by atoms with Crippen LogP contribution in [0.4, 0.5) is 11.4 Å². The summed E-state index contributed by atoms with van der Waals surface area (Å²) >= 11 is 1.72. The molecule has 1 unspecified atom stereocenters. The number of thiophene rings is 1. The Morgan fingerprint density at radius 2 is 2.25 bits per heavy atom. The van der Waals surface area contributed by atoms with Crippen molar-refractivity contribution in [1.29, 1.82) is 0 Å². The van der Waals surface area contributed by atoms with Gasteiger partial charge in [-0.15, -0.1) is 11.3 Å². The van der Waals surface area contributed by atoms with Gasteiger partial charge in [-0.25, -0.2) is 0 Å². The summed E-state index contributed by atoms with van der Waals surface area (Å²) in [7, 11) is 0. The second-order valence-electron chi connectivity index (χ2n) is 6.07. The van der Waals surface area contributed by atoms with Gasteiger partial charge < -0.3 is 10.2 Å². The molecule has 0 bridgehead atoms. The first-order valence-electron chi connectivity index (χ1n) is 7.98. The van der Waals surface area contributed by atoms with Gasteiger partial charge in [0, 0.05) is 18.9 Å². The maximum Gasteiger partial charge on any atom is 0.293 e. The molecule has 1 amide bonds. The normalized spacial score (nSPS) is 20.0. The van der Waals surface area contributed by atoms with E-state index in [1.807, 2.05) is 6.07 Å². The van der Waals surface area contributed by atoms with Gasteiger partial charge in [0.25, 0.3) is 11.6 Å². The lowest BCUT2D eigenvalue weighted by molar-refractivity contribution is -0.910. The van der Waals surface area contributed by atoms with Crippen LogP contribution in [-0.4, -0.2) is 23.9 Å². The average molecular weight is 346 g/mol. The van der Waals surface area contributed by atoms with Gasteiger partial charge in [-0.3, -0.25) is 14.9 Å². The molecule has 2 aromatic rings. The van der Waals surface area contributed by atoms with Crippen molar-refractivity contribution >= 4 is 28.6 Å². The first kappa shape index (κ1) is 16.6. The molecule has 1 aromatic heterocycles. The predicted octanol–water partition coefficient (Wildman–Crippen LogP) is 2.32. The molecule has 1 aliphatic rings. The molecule has 1 aromatic carbocycles. The number of carbonyl (C=O) groups excluding carboxylic acids is 1. The van der Waals surface area contributed by atoms with Crippen molar-refractivity contribution in [1.82, 2.24) is 0 Å². The minimum atomic E-state index is -0.459. The molecule has 1 aliphatic heterocycles. The van der Waals surface area contributed by atoms with Gasteiger partial charge in [0.15, 0.2) is 6.54 Å². The van der Waals surface area contributed by atoms with Crippen LogP contribution in [0.15, 0.2) is 35.7 Å². The van der Waals surface area contributed by atoms with Crippen LogP contribution < -0.4 is 10.2 Å². The van der Waals surface area contributed by atoms with Crippen molar-refractivity contribution in [3.05, 3.63) is 56.3 Å². The van der Waals surface area contributed by atoms with E-state index in [9.17, 15) is 14.9 Å². The summed E-state index contributed by atoms with van der Waals surface area (Å²) in [6, 6.07) is 9.31. The van der Waals surface area contributed by atoms with Crippen LogP contribution in [0, 0.1) is 17.0 Å².